The summed E-state index contributed by atoms with van der Waals surface area (Å²) < 4.78 is 13.1. The molecule has 112 valence electrons. The number of hydrogen-bond donors (Lipinski definition) is 1. The van der Waals surface area contributed by atoms with Gasteiger partial charge in [-0.2, -0.15) is 5.26 Å². The van der Waals surface area contributed by atoms with E-state index in [9.17, 15) is 9.18 Å². The highest BCUT2D eigenvalue weighted by Crippen LogP contribution is 2.19. The molecule has 0 saturated carbocycles. The van der Waals surface area contributed by atoms with Crippen molar-refractivity contribution in [1.29, 1.82) is 5.26 Å². The molecule has 0 aromatic heterocycles. The fourth-order valence-corrected chi connectivity index (χ4v) is 2.08. The van der Waals surface area contributed by atoms with E-state index in [-0.39, 0.29) is 11.3 Å². The molecule has 0 spiro atoms. The van der Waals surface area contributed by atoms with Gasteiger partial charge in [0, 0.05) is 18.6 Å². The first kappa shape index (κ1) is 15.8. The van der Waals surface area contributed by atoms with Gasteiger partial charge < -0.3 is 10.2 Å². The molecular formula is C16H13ClFN3O. The van der Waals surface area contributed by atoms with Crippen molar-refractivity contribution in [3.05, 3.63) is 64.4 Å². The summed E-state index contributed by atoms with van der Waals surface area (Å²) in [5.41, 5.74) is 1.14. The summed E-state index contributed by atoms with van der Waals surface area (Å²) in [6, 6.07) is 12.3. The summed E-state index contributed by atoms with van der Waals surface area (Å²) in [7, 11) is 1.61. The van der Waals surface area contributed by atoms with Gasteiger partial charge in [0.25, 0.3) is 0 Å². The molecule has 0 aliphatic rings. The summed E-state index contributed by atoms with van der Waals surface area (Å²) in [5, 5.41) is 12.1. The number of amides is 2. The number of halogens is 2. The van der Waals surface area contributed by atoms with Crippen LogP contribution in [0, 0.1) is 17.1 Å². The Labute approximate surface area is 132 Å². The molecule has 0 saturated heterocycles. The Morgan fingerprint density at radius 1 is 1.36 bits per heavy atom. The van der Waals surface area contributed by atoms with Crippen LogP contribution in [0.4, 0.5) is 14.9 Å². The van der Waals surface area contributed by atoms with Crippen molar-refractivity contribution in [2.24, 2.45) is 0 Å². The lowest BCUT2D eigenvalue weighted by Crippen LogP contribution is -2.31. The largest absolute Gasteiger partial charge is 0.323 e. The summed E-state index contributed by atoms with van der Waals surface area (Å²) >= 11 is 6.06. The molecule has 22 heavy (non-hydrogen) atoms. The predicted octanol–water partition coefficient (Wildman–Crippen LogP) is 4.01. The minimum atomic E-state index is -0.529. The summed E-state index contributed by atoms with van der Waals surface area (Å²) in [4.78, 5) is 13.6. The van der Waals surface area contributed by atoms with E-state index in [0.717, 1.165) is 11.6 Å². The van der Waals surface area contributed by atoms with Gasteiger partial charge >= 0.3 is 6.03 Å². The minimum Gasteiger partial charge on any atom is -0.323 e. The van der Waals surface area contributed by atoms with Gasteiger partial charge in [-0.3, -0.25) is 0 Å². The van der Waals surface area contributed by atoms with Gasteiger partial charge in [-0.15, -0.1) is 0 Å². The van der Waals surface area contributed by atoms with Crippen LogP contribution in [0.2, 0.25) is 5.02 Å². The number of nitrogens with zero attached hydrogens (tertiary/aromatic N) is 2. The SMILES string of the molecule is CN(Cc1ccccc1Cl)C(=O)Nc1ccc(F)cc1C#N. The highest BCUT2D eigenvalue weighted by Gasteiger charge is 2.13. The van der Waals surface area contributed by atoms with Crippen LogP contribution in [0.25, 0.3) is 0 Å². The minimum absolute atomic E-state index is 0.0690. The average molecular weight is 318 g/mol. The number of carbonyl (C=O) groups is 1. The Morgan fingerprint density at radius 2 is 2.09 bits per heavy atom. The molecule has 0 unspecified atom stereocenters. The average Bonchev–Trinajstić information content (AvgIpc) is 2.51. The Balaban J connectivity index is 2.09. The van der Waals surface area contributed by atoms with E-state index in [2.05, 4.69) is 5.32 Å². The lowest BCUT2D eigenvalue weighted by Gasteiger charge is -2.19. The third-order valence-corrected chi connectivity index (χ3v) is 3.42. The molecule has 0 radical (unpaired) electrons. The predicted molar refractivity (Wildman–Crippen MR) is 83.1 cm³/mol. The van der Waals surface area contributed by atoms with E-state index in [1.807, 2.05) is 24.3 Å². The zero-order valence-corrected chi connectivity index (χ0v) is 12.6. The first-order valence-corrected chi connectivity index (χ1v) is 6.84. The van der Waals surface area contributed by atoms with Crippen molar-refractivity contribution < 1.29 is 9.18 Å². The van der Waals surface area contributed by atoms with E-state index in [4.69, 9.17) is 16.9 Å². The van der Waals surface area contributed by atoms with Crippen LogP contribution in [-0.4, -0.2) is 18.0 Å². The molecule has 6 heteroatoms. The second kappa shape index (κ2) is 6.92. The molecule has 1 N–H and O–H groups in total. The molecule has 0 fully saturated rings. The van der Waals surface area contributed by atoms with Crippen molar-refractivity contribution in [2.75, 3.05) is 12.4 Å². The van der Waals surface area contributed by atoms with Gasteiger partial charge in [-0.25, -0.2) is 9.18 Å². The molecule has 4 nitrogen and oxygen atoms in total. The molecule has 0 heterocycles. The fourth-order valence-electron chi connectivity index (χ4n) is 1.88. The maximum Gasteiger partial charge on any atom is 0.321 e. The Hall–Kier alpha value is -2.58. The quantitative estimate of drug-likeness (QED) is 0.929. The van der Waals surface area contributed by atoms with Gasteiger partial charge in [0.2, 0.25) is 0 Å². The molecule has 0 bridgehead atoms. The van der Waals surface area contributed by atoms with Gasteiger partial charge in [0.05, 0.1) is 11.3 Å². The van der Waals surface area contributed by atoms with E-state index < -0.39 is 11.8 Å². The molecule has 0 aliphatic heterocycles. The standard InChI is InChI=1S/C16H13ClFN3O/c1-21(10-11-4-2-3-5-14(11)17)16(22)20-15-7-6-13(18)8-12(15)9-19/h2-8H,10H2,1H3,(H,20,22). The lowest BCUT2D eigenvalue weighted by molar-refractivity contribution is 0.220. The molecule has 2 aromatic rings. The van der Waals surface area contributed by atoms with Crippen LogP contribution in [0.1, 0.15) is 11.1 Å². The molecular weight excluding hydrogens is 305 g/mol. The Morgan fingerprint density at radius 3 is 2.77 bits per heavy atom. The topological polar surface area (TPSA) is 56.1 Å². The van der Waals surface area contributed by atoms with Gasteiger partial charge in [0.15, 0.2) is 0 Å². The van der Waals surface area contributed by atoms with Crippen LogP contribution in [-0.2, 0) is 6.54 Å². The van der Waals surface area contributed by atoms with Crippen LogP contribution >= 0.6 is 11.6 Å². The van der Waals surface area contributed by atoms with Crippen LogP contribution < -0.4 is 5.32 Å². The van der Waals surface area contributed by atoms with Gasteiger partial charge in [-0.05, 0) is 29.8 Å². The zero-order chi connectivity index (χ0) is 16.1. The van der Waals surface area contributed by atoms with Crippen LogP contribution in [0.15, 0.2) is 42.5 Å². The number of anilines is 1. The van der Waals surface area contributed by atoms with Crippen molar-refractivity contribution in [3.63, 3.8) is 0 Å². The smallest absolute Gasteiger partial charge is 0.321 e. The molecule has 0 aliphatic carbocycles. The molecule has 2 amide bonds. The number of urea groups is 1. The second-order valence-corrected chi connectivity index (χ2v) is 5.09. The Bertz CT molecular complexity index is 742. The van der Waals surface area contributed by atoms with Crippen molar-refractivity contribution in [3.8, 4) is 6.07 Å². The highest BCUT2D eigenvalue weighted by molar-refractivity contribution is 6.31. The number of carbonyl (C=O) groups excluding carboxylic acids is 1. The van der Waals surface area contributed by atoms with Crippen molar-refractivity contribution in [2.45, 2.75) is 6.54 Å². The van der Waals surface area contributed by atoms with E-state index in [0.29, 0.717) is 11.6 Å². The highest BCUT2D eigenvalue weighted by atomic mass is 35.5. The summed E-state index contributed by atoms with van der Waals surface area (Å²) in [6.07, 6.45) is 0. The summed E-state index contributed by atoms with van der Waals surface area (Å²) in [6.45, 7) is 0.314. The number of nitrogens with one attached hydrogen (secondary N) is 1. The van der Waals surface area contributed by atoms with Crippen molar-refractivity contribution in [1.82, 2.24) is 4.90 Å². The third kappa shape index (κ3) is 3.74. The number of rotatable bonds is 3. The lowest BCUT2D eigenvalue weighted by atomic mass is 10.2. The summed E-state index contributed by atoms with van der Waals surface area (Å²) in [5.74, 6) is -0.529. The normalized spacial score (nSPS) is 9.91. The molecule has 2 rings (SSSR count). The molecule has 0 atom stereocenters. The maximum atomic E-state index is 13.1. The van der Waals surface area contributed by atoms with E-state index in [1.165, 1.54) is 17.0 Å². The Kier molecular flexibility index (Phi) is 4.97. The van der Waals surface area contributed by atoms with Gasteiger partial charge in [-0.1, -0.05) is 29.8 Å². The van der Waals surface area contributed by atoms with E-state index >= 15 is 0 Å². The first-order chi connectivity index (χ1) is 10.5. The number of nitriles is 1. The first-order valence-electron chi connectivity index (χ1n) is 6.46. The maximum absolute atomic E-state index is 13.1. The van der Waals surface area contributed by atoms with E-state index in [1.54, 1.807) is 13.1 Å². The monoisotopic (exact) mass is 317 g/mol. The van der Waals surface area contributed by atoms with Crippen molar-refractivity contribution >= 4 is 23.3 Å². The zero-order valence-electron chi connectivity index (χ0n) is 11.8. The van der Waals surface area contributed by atoms with Crippen LogP contribution in [0.5, 0.6) is 0 Å². The second-order valence-electron chi connectivity index (χ2n) is 4.68. The van der Waals surface area contributed by atoms with Gasteiger partial charge in [0.1, 0.15) is 11.9 Å². The third-order valence-electron chi connectivity index (χ3n) is 3.06. The fraction of sp³-hybridized carbons (Fsp3) is 0.125. The number of benzene rings is 2. The molecule has 2 aromatic carbocycles. The number of hydrogen-bond acceptors (Lipinski definition) is 2. The van der Waals surface area contributed by atoms with Crippen LogP contribution in [0.3, 0.4) is 0 Å².